The maximum atomic E-state index is 13.1. The third-order valence-electron chi connectivity index (χ3n) is 4.98. The van der Waals surface area contributed by atoms with Crippen molar-refractivity contribution in [1.82, 2.24) is 24.4 Å². The van der Waals surface area contributed by atoms with Crippen molar-refractivity contribution in [2.75, 3.05) is 0 Å². The Morgan fingerprint density at radius 1 is 1.17 bits per heavy atom. The van der Waals surface area contributed by atoms with Crippen molar-refractivity contribution in [3.8, 4) is 0 Å². The highest BCUT2D eigenvalue weighted by Crippen LogP contribution is 2.23. The molecule has 148 valence electrons. The number of carbonyl (C=O) groups excluding carboxylic acids is 1. The molecule has 0 saturated carbocycles. The molecule has 0 unspecified atom stereocenters. The Bertz CT molecular complexity index is 1150. The van der Waals surface area contributed by atoms with Crippen LogP contribution in [0.2, 0.25) is 5.02 Å². The minimum Gasteiger partial charge on any atom is -0.341 e. The molecule has 0 saturated heterocycles. The van der Waals surface area contributed by atoms with E-state index in [1.165, 1.54) is 0 Å². The topological polar surface area (TPSA) is 64.7 Å². The van der Waals surface area contributed by atoms with Gasteiger partial charge in [-0.2, -0.15) is 0 Å². The van der Waals surface area contributed by atoms with Gasteiger partial charge in [0.25, 0.3) is 0 Å². The zero-order valence-electron chi connectivity index (χ0n) is 16.3. The van der Waals surface area contributed by atoms with Gasteiger partial charge in [-0.25, -0.2) is 9.97 Å². The van der Waals surface area contributed by atoms with E-state index in [0.29, 0.717) is 5.02 Å². The Morgan fingerprint density at radius 2 is 1.93 bits per heavy atom. The van der Waals surface area contributed by atoms with Gasteiger partial charge in [0.1, 0.15) is 24.2 Å². The molecule has 4 rings (SSSR count). The van der Waals surface area contributed by atoms with Crippen LogP contribution in [-0.2, 0) is 24.8 Å². The molecular weight excluding hydrogens is 386 g/mol. The van der Waals surface area contributed by atoms with Crippen LogP contribution in [0.15, 0.2) is 60.9 Å². The quantitative estimate of drug-likeness (QED) is 0.527. The number of aryl methyl sites for hydroxylation is 2. The van der Waals surface area contributed by atoms with Gasteiger partial charge < -0.3 is 14.5 Å². The lowest BCUT2D eigenvalue weighted by Gasteiger charge is -2.20. The van der Waals surface area contributed by atoms with Crippen molar-refractivity contribution in [2.24, 2.45) is 7.05 Å². The number of imidazole rings is 2. The highest BCUT2D eigenvalue weighted by molar-refractivity contribution is 6.30. The largest absolute Gasteiger partial charge is 0.341 e. The summed E-state index contributed by atoms with van der Waals surface area (Å²) in [6.45, 7) is 2.23. The van der Waals surface area contributed by atoms with Crippen LogP contribution in [0.5, 0.6) is 0 Å². The minimum absolute atomic E-state index is 0.106. The van der Waals surface area contributed by atoms with Gasteiger partial charge in [0.05, 0.1) is 11.0 Å². The molecule has 0 spiro atoms. The number of fused-ring (bicyclic) bond motifs is 1. The molecule has 0 aliphatic heterocycles. The number of carbonyl (C=O) groups is 1. The molecular formula is C22H22ClN5O. The number of nitrogens with zero attached hydrogens (tertiary/aromatic N) is 4. The predicted molar refractivity (Wildman–Crippen MR) is 114 cm³/mol. The van der Waals surface area contributed by atoms with E-state index < -0.39 is 0 Å². The maximum Gasteiger partial charge on any atom is 0.240 e. The monoisotopic (exact) mass is 407 g/mol. The summed E-state index contributed by atoms with van der Waals surface area (Å²) in [5, 5.41) is 3.79. The summed E-state index contributed by atoms with van der Waals surface area (Å²) in [6, 6.07) is 14.9. The van der Waals surface area contributed by atoms with E-state index in [-0.39, 0.29) is 18.5 Å². The van der Waals surface area contributed by atoms with Crippen LogP contribution in [0.4, 0.5) is 0 Å². The maximum absolute atomic E-state index is 13.1. The molecule has 4 aromatic rings. The number of nitrogens with one attached hydrogen (secondary N) is 1. The van der Waals surface area contributed by atoms with E-state index in [1.54, 1.807) is 6.20 Å². The van der Waals surface area contributed by atoms with Crippen molar-refractivity contribution in [2.45, 2.75) is 25.9 Å². The summed E-state index contributed by atoms with van der Waals surface area (Å²) in [6.07, 6.45) is 4.34. The Kier molecular flexibility index (Phi) is 5.36. The second-order valence-corrected chi connectivity index (χ2v) is 7.34. The molecule has 6 nitrogen and oxygen atoms in total. The van der Waals surface area contributed by atoms with E-state index in [9.17, 15) is 4.79 Å². The molecule has 1 N–H and O–H groups in total. The molecule has 0 aliphatic carbocycles. The van der Waals surface area contributed by atoms with Gasteiger partial charge in [-0.1, -0.05) is 42.8 Å². The number of para-hydroxylation sites is 2. The molecule has 1 amide bonds. The molecule has 2 aromatic heterocycles. The average Bonchev–Trinajstić information content (AvgIpc) is 3.30. The fraction of sp³-hybridized carbons (Fsp3) is 0.227. The zero-order valence-corrected chi connectivity index (χ0v) is 17.1. The smallest absolute Gasteiger partial charge is 0.240 e. The lowest BCUT2D eigenvalue weighted by atomic mass is 10.1. The first-order valence-electron chi connectivity index (χ1n) is 9.53. The van der Waals surface area contributed by atoms with Crippen molar-refractivity contribution in [3.05, 3.63) is 83.2 Å². The summed E-state index contributed by atoms with van der Waals surface area (Å²) in [7, 11) is 1.91. The molecule has 0 fully saturated rings. The number of amides is 1. The molecule has 1 atom stereocenters. The van der Waals surface area contributed by atoms with E-state index in [4.69, 9.17) is 11.6 Å². The highest BCUT2D eigenvalue weighted by atomic mass is 35.5. The fourth-order valence-corrected chi connectivity index (χ4v) is 3.66. The Hall–Kier alpha value is -3.12. The molecule has 0 bridgehead atoms. The SMILES string of the molecule is CCc1nc2ccccc2n1CC(=O)N[C@H](c1ccc(Cl)cc1)c1nccn1C. The first-order chi connectivity index (χ1) is 14.1. The molecule has 2 aromatic carbocycles. The van der Waals surface area contributed by atoms with E-state index in [2.05, 4.69) is 15.3 Å². The Labute approximate surface area is 174 Å². The molecule has 2 heterocycles. The van der Waals surface area contributed by atoms with Crippen molar-refractivity contribution >= 4 is 28.5 Å². The number of rotatable bonds is 6. The van der Waals surface area contributed by atoms with Gasteiger partial charge in [0, 0.05) is 30.9 Å². The van der Waals surface area contributed by atoms with Gasteiger partial charge >= 0.3 is 0 Å². The van der Waals surface area contributed by atoms with Crippen LogP contribution in [-0.4, -0.2) is 25.0 Å². The van der Waals surface area contributed by atoms with Crippen LogP contribution in [0.3, 0.4) is 0 Å². The Balaban J connectivity index is 1.64. The number of benzene rings is 2. The first-order valence-corrected chi connectivity index (χ1v) is 9.90. The lowest BCUT2D eigenvalue weighted by molar-refractivity contribution is -0.122. The number of aromatic nitrogens is 4. The van der Waals surface area contributed by atoms with E-state index in [1.807, 2.05) is 77.8 Å². The van der Waals surface area contributed by atoms with Crippen LogP contribution in [0.1, 0.15) is 30.2 Å². The van der Waals surface area contributed by atoms with Crippen LogP contribution >= 0.6 is 11.6 Å². The standard InChI is InChI=1S/C22H22ClN5O/c1-3-19-25-17-6-4-5-7-18(17)28(19)14-20(29)26-21(22-24-12-13-27(22)2)15-8-10-16(23)11-9-15/h4-13,21H,3,14H2,1-2H3,(H,26,29)/t21-/m1/s1. The fourth-order valence-electron chi connectivity index (χ4n) is 3.53. The number of halogens is 1. The van der Waals surface area contributed by atoms with Crippen LogP contribution < -0.4 is 5.32 Å². The summed E-state index contributed by atoms with van der Waals surface area (Å²) in [5.74, 6) is 1.54. The van der Waals surface area contributed by atoms with E-state index in [0.717, 1.165) is 34.7 Å². The van der Waals surface area contributed by atoms with Gasteiger partial charge in [0.2, 0.25) is 5.91 Å². The summed E-state index contributed by atoms with van der Waals surface area (Å²) in [5.41, 5.74) is 2.78. The van der Waals surface area contributed by atoms with E-state index >= 15 is 0 Å². The summed E-state index contributed by atoms with van der Waals surface area (Å²) >= 11 is 6.04. The second-order valence-electron chi connectivity index (χ2n) is 6.90. The summed E-state index contributed by atoms with van der Waals surface area (Å²) in [4.78, 5) is 22.1. The van der Waals surface area contributed by atoms with Crippen molar-refractivity contribution in [3.63, 3.8) is 0 Å². The van der Waals surface area contributed by atoms with Gasteiger partial charge in [-0.3, -0.25) is 4.79 Å². The highest BCUT2D eigenvalue weighted by Gasteiger charge is 2.22. The van der Waals surface area contributed by atoms with Gasteiger partial charge in [-0.15, -0.1) is 0 Å². The van der Waals surface area contributed by atoms with Crippen molar-refractivity contribution in [1.29, 1.82) is 0 Å². The van der Waals surface area contributed by atoms with Gasteiger partial charge in [0.15, 0.2) is 0 Å². The van der Waals surface area contributed by atoms with Crippen LogP contribution in [0.25, 0.3) is 11.0 Å². The zero-order chi connectivity index (χ0) is 20.4. The predicted octanol–water partition coefficient (Wildman–Crippen LogP) is 3.89. The lowest BCUT2D eigenvalue weighted by Crippen LogP contribution is -2.34. The third-order valence-corrected chi connectivity index (χ3v) is 5.23. The average molecular weight is 408 g/mol. The number of hydrogen-bond acceptors (Lipinski definition) is 3. The first kappa shape index (κ1) is 19.2. The normalized spacial score (nSPS) is 12.2. The molecule has 7 heteroatoms. The third kappa shape index (κ3) is 3.89. The number of hydrogen-bond donors (Lipinski definition) is 1. The minimum atomic E-state index is -0.375. The summed E-state index contributed by atoms with van der Waals surface area (Å²) < 4.78 is 3.88. The molecule has 29 heavy (non-hydrogen) atoms. The van der Waals surface area contributed by atoms with Crippen molar-refractivity contribution < 1.29 is 4.79 Å². The molecule has 0 aliphatic rings. The molecule has 0 radical (unpaired) electrons. The Morgan fingerprint density at radius 3 is 2.62 bits per heavy atom. The van der Waals surface area contributed by atoms with Crippen LogP contribution in [0, 0.1) is 0 Å². The van der Waals surface area contributed by atoms with Gasteiger partial charge in [-0.05, 0) is 29.8 Å². The second kappa shape index (κ2) is 8.09.